The molecule has 3 nitrogen and oxygen atoms in total. The van der Waals surface area contributed by atoms with E-state index in [0.717, 1.165) is 0 Å². The lowest BCUT2D eigenvalue weighted by atomic mass is 10.0. The molecule has 2 rings (SSSR count). The summed E-state index contributed by atoms with van der Waals surface area (Å²) in [4.78, 5) is 0. The van der Waals surface area contributed by atoms with E-state index in [1.165, 1.54) is 18.2 Å². The molecule has 1 aromatic heterocycles. The van der Waals surface area contributed by atoms with Crippen LogP contribution in [-0.2, 0) is 12.7 Å². The number of aromatic nitrogens is 1. The van der Waals surface area contributed by atoms with Crippen molar-refractivity contribution in [2.75, 3.05) is 0 Å². The predicted octanol–water partition coefficient (Wildman–Crippen LogP) is 3.61. The highest BCUT2D eigenvalue weighted by Gasteiger charge is 2.36. The summed E-state index contributed by atoms with van der Waals surface area (Å²) in [6, 6.07) is 5.66. The summed E-state index contributed by atoms with van der Waals surface area (Å²) >= 11 is 0. The minimum atomic E-state index is -4.60. The fraction of sp³-hybridized carbons (Fsp3) is 0.400. The molecule has 2 aromatic rings. The smallest absolute Gasteiger partial charge is 0.389 e. The van der Waals surface area contributed by atoms with Gasteiger partial charge in [-0.25, -0.2) is 0 Å². The van der Waals surface area contributed by atoms with Gasteiger partial charge < -0.3 is 9.67 Å². The van der Waals surface area contributed by atoms with E-state index >= 15 is 0 Å². The van der Waals surface area contributed by atoms with E-state index < -0.39 is 22.9 Å². The number of halogens is 3. The average molecular weight is 296 g/mol. The van der Waals surface area contributed by atoms with Gasteiger partial charge in [0.2, 0.25) is 0 Å². The maximum Gasteiger partial charge on any atom is 0.418 e. The van der Waals surface area contributed by atoms with Gasteiger partial charge in [-0.1, -0.05) is 0 Å². The minimum absolute atomic E-state index is 0.0108. The number of hydrogen-bond acceptors (Lipinski definition) is 2. The number of fused-ring (bicyclic) bond motifs is 1. The van der Waals surface area contributed by atoms with Gasteiger partial charge in [0.05, 0.1) is 29.3 Å². The maximum atomic E-state index is 13.2. The molecule has 6 heteroatoms. The highest BCUT2D eigenvalue weighted by Crippen LogP contribution is 2.38. The quantitative estimate of drug-likeness (QED) is 0.920. The molecular formula is C15H15F3N2O. The van der Waals surface area contributed by atoms with Gasteiger partial charge >= 0.3 is 6.18 Å². The van der Waals surface area contributed by atoms with Crippen LogP contribution in [0.25, 0.3) is 10.9 Å². The van der Waals surface area contributed by atoms with Crippen molar-refractivity contribution in [2.45, 2.75) is 39.1 Å². The fourth-order valence-corrected chi connectivity index (χ4v) is 2.46. The second kappa shape index (κ2) is 4.78. The molecule has 0 aliphatic heterocycles. The fourth-order valence-electron chi connectivity index (χ4n) is 2.46. The highest BCUT2D eigenvalue weighted by molar-refractivity contribution is 5.87. The Morgan fingerprint density at radius 3 is 2.38 bits per heavy atom. The Balaban J connectivity index is 2.80. The zero-order chi connectivity index (χ0) is 16.0. The third kappa shape index (κ3) is 2.88. The second-order valence-corrected chi connectivity index (χ2v) is 5.71. The summed E-state index contributed by atoms with van der Waals surface area (Å²) in [5.41, 5.74) is -1.40. The lowest BCUT2D eigenvalue weighted by molar-refractivity contribution is -0.136. The molecule has 1 heterocycles. The third-order valence-corrected chi connectivity index (χ3v) is 3.24. The van der Waals surface area contributed by atoms with Crippen molar-refractivity contribution in [3.63, 3.8) is 0 Å². The van der Waals surface area contributed by atoms with Crippen LogP contribution in [0.3, 0.4) is 0 Å². The van der Waals surface area contributed by atoms with E-state index in [1.807, 2.05) is 0 Å². The average Bonchev–Trinajstić information content (AvgIpc) is 2.61. The molecule has 0 saturated carbocycles. The van der Waals surface area contributed by atoms with Gasteiger partial charge in [-0.15, -0.1) is 0 Å². The van der Waals surface area contributed by atoms with E-state index in [4.69, 9.17) is 5.26 Å². The zero-order valence-electron chi connectivity index (χ0n) is 11.9. The standard InChI is InChI=1S/C15H15F3N2O/c1-9-6-11-12(20(9)8-14(2,3)21)5-4-10(7-19)13(11)15(16,17)18/h4-6,21H,8H2,1-3H3. The van der Waals surface area contributed by atoms with Gasteiger partial charge in [0, 0.05) is 16.6 Å². The first kappa shape index (κ1) is 15.4. The number of benzene rings is 1. The van der Waals surface area contributed by atoms with Crippen molar-refractivity contribution in [1.29, 1.82) is 5.26 Å². The molecule has 0 unspecified atom stereocenters. The monoisotopic (exact) mass is 296 g/mol. The van der Waals surface area contributed by atoms with Crippen LogP contribution in [0.1, 0.15) is 30.7 Å². The van der Waals surface area contributed by atoms with Gasteiger partial charge in [-0.2, -0.15) is 18.4 Å². The number of rotatable bonds is 2. The number of aryl methyl sites for hydroxylation is 1. The topological polar surface area (TPSA) is 49.0 Å². The van der Waals surface area contributed by atoms with Crippen LogP contribution >= 0.6 is 0 Å². The Kier molecular flexibility index (Phi) is 3.50. The van der Waals surface area contributed by atoms with Crippen LogP contribution < -0.4 is 0 Å². The van der Waals surface area contributed by atoms with Crippen LogP contribution in [0.5, 0.6) is 0 Å². The van der Waals surface area contributed by atoms with Crippen LogP contribution in [0.2, 0.25) is 0 Å². The van der Waals surface area contributed by atoms with E-state index in [1.54, 1.807) is 31.4 Å². The molecule has 1 aromatic carbocycles. The summed E-state index contributed by atoms with van der Waals surface area (Å²) in [6.07, 6.45) is -4.60. The summed E-state index contributed by atoms with van der Waals surface area (Å²) in [5.74, 6) is 0. The number of aliphatic hydroxyl groups is 1. The van der Waals surface area contributed by atoms with E-state index in [2.05, 4.69) is 0 Å². The van der Waals surface area contributed by atoms with Crippen molar-refractivity contribution >= 4 is 10.9 Å². The molecule has 0 spiro atoms. The minimum Gasteiger partial charge on any atom is -0.389 e. The van der Waals surface area contributed by atoms with Gasteiger partial charge in [-0.05, 0) is 39.0 Å². The van der Waals surface area contributed by atoms with Gasteiger partial charge in [-0.3, -0.25) is 0 Å². The summed E-state index contributed by atoms with van der Waals surface area (Å²) < 4.78 is 41.3. The molecule has 0 radical (unpaired) electrons. The number of nitrogens with zero attached hydrogens (tertiary/aromatic N) is 2. The SMILES string of the molecule is Cc1cc2c(C(F)(F)F)c(C#N)ccc2n1CC(C)(C)O. The Hall–Kier alpha value is -2.00. The van der Waals surface area contributed by atoms with Gasteiger partial charge in [0.15, 0.2) is 0 Å². The van der Waals surface area contributed by atoms with Crippen molar-refractivity contribution in [2.24, 2.45) is 0 Å². The van der Waals surface area contributed by atoms with E-state index in [-0.39, 0.29) is 11.9 Å². The molecule has 1 N–H and O–H groups in total. The molecule has 0 fully saturated rings. The Morgan fingerprint density at radius 2 is 1.90 bits per heavy atom. The van der Waals surface area contributed by atoms with Crippen molar-refractivity contribution < 1.29 is 18.3 Å². The van der Waals surface area contributed by atoms with Crippen LogP contribution in [-0.4, -0.2) is 15.3 Å². The molecule has 21 heavy (non-hydrogen) atoms. The molecule has 0 bridgehead atoms. The maximum absolute atomic E-state index is 13.2. The largest absolute Gasteiger partial charge is 0.418 e. The molecule has 0 amide bonds. The summed E-state index contributed by atoms with van der Waals surface area (Å²) in [7, 11) is 0. The molecule has 0 saturated heterocycles. The van der Waals surface area contributed by atoms with Crippen molar-refractivity contribution in [1.82, 2.24) is 4.57 Å². The van der Waals surface area contributed by atoms with Gasteiger partial charge in [0.25, 0.3) is 0 Å². The molecule has 0 aliphatic carbocycles. The lowest BCUT2D eigenvalue weighted by Crippen LogP contribution is -2.26. The van der Waals surface area contributed by atoms with Crippen LogP contribution in [0, 0.1) is 18.3 Å². The summed E-state index contributed by atoms with van der Waals surface area (Å²) in [6.45, 7) is 5.03. The van der Waals surface area contributed by atoms with Gasteiger partial charge in [0.1, 0.15) is 0 Å². The molecule has 112 valence electrons. The predicted molar refractivity (Wildman–Crippen MR) is 72.7 cm³/mol. The van der Waals surface area contributed by atoms with Crippen molar-refractivity contribution in [3.8, 4) is 6.07 Å². The Labute approximate surface area is 120 Å². The van der Waals surface area contributed by atoms with Crippen molar-refractivity contribution in [3.05, 3.63) is 35.0 Å². The Bertz CT molecular complexity index is 730. The normalized spacial score (nSPS) is 12.7. The summed E-state index contributed by atoms with van der Waals surface area (Å²) in [5, 5.41) is 18.8. The van der Waals surface area contributed by atoms with E-state index in [0.29, 0.717) is 11.2 Å². The number of hydrogen-bond donors (Lipinski definition) is 1. The number of alkyl halides is 3. The first-order chi connectivity index (χ1) is 9.54. The third-order valence-electron chi connectivity index (χ3n) is 3.24. The first-order valence-corrected chi connectivity index (χ1v) is 6.37. The van der Waals surface area contributed by atoms with Crippen LogP contribution in [0.15, 0.2) is 18.2 Å². The molecule has 0 aliphatic rings. The Morgan fingerprint density at radius 1 is 1.29 bits per heavy atom. The zero-order valence-corrected chi connectivity index (χ0v) is 11.9. The first-order valence-electron chi connectivity index (χ1n) is 6.37. The molecular weight excluding hydrogens is 281 g/mol. The van der Waals surface area contributed by atoms with E-state index in [9.17, 15) is 18.3 Å². The molecule has 0 atom stereocenters. The van der Waals surface area contributed by atoms with Crippen LogP contribution in [0.4, 0.5) is 13.2 Å². The lowest BCUT2D eigenvalue weighted by Gasteiger charge is -2.20. The highest BCUT2D eigenvalue weighted by atomic mass is 19.4. The second-order valence-electron chi connectivity index (χ2n) is 5.71. The number of nitriles is 1.